The number of nitrogens with zero attached hydrogens (tertiary/aromatic N) is 3. The van der Waals surface area contributed by atoms with E-state index in [1.807, 2.05) is 41.5 Å². The smallest absolute Gasteiger partial charge is 0.228 e. The molecule has 5 nitrogen and oxygen atoms in total. The minimum absolute atomic E-state index is 0.153. The zero-order chi connectivity index (χ0) is 14.1. The zero-order valence-corrected chi connectivity index (χ0v) is 11.9. The van der Waals surface area contributed by atoms with E-state index in [0.717, 1.165) is 22.6 Å². The third-order valence-corrected chi connectivity index (χ3v) is 3.83. The molecule has 2 aromatic heterocycles. The van der Waals surface area contributed by atoms with Crippen LogP contribution in [0.15, 0.2) is 18.3 Å². The number of pyridine rings is 1. The molecule has 0 spiro atoms. The predicted molar refractivity (Wildman–Crippen MR) is 75.8 cm³/mol. The van der Waals surface area contributed by atoms with Gasteiger partial charge in [0.25, 0.3) is 0 Å². The summed E-state index contributed by atoms with van der Waals surface area (Å²) in [5.74, 6) is 0.153. The van der Waals surface area contributed by atoms with E-state index in [9.17, 15) is 4.79 Å². The Kier molecular flexibility index (Phi) is 3.44. The number of aryl methyl sites for hydroxylation is 2. The molecule has 0 saturated carbocycles. The Morgan fingerprint density at radius 2 is 2.10 bits per heavy atom. The number of carbonyl (C=O) groups is 1. The van der Waals surface area contributed by atoms with Crippen LogP contribution in [0.2, 0.25) is 0 Å². The van der Waals surface area contributed by atoms with E-state index in [1.54, 1.807) is 0 Å². The number of hydrogen-bond donors (Lipinski definition) is 0. The van der Waals surface area contributed by atoms with Crippen molar-refractivity contribution >= 4 is 11.6 Å². The van der Waals surface area contributed by atoms with Gasteiger partial charge >= 0.3 is 0 Å². The fourth-order valence-electron chi connectivity index (χ4n) is 2.65. The first-order valence-electron chi connectivity index (χ1n) is 6.95. The number of rotatable bonds is 2. The van der Waals surface area contributed by atoms with E-state index in [-0.39, 0.29) is 5.91 Å². The van der Waals surface area contributed by atoms with Crippen molar-refractivity contribution in [1.82, 2.24) is 14.3 Å². The lowest BCUT2D eigenvalue weighted by atomic mass is 10.2. The lowest BCUT2D eigenvalue weighted by Gasteiger charge is -2.26. The van der Waals surface area contributed by atoms with Crippen molar-refractivity contribution in [3.8, 4) is 0 Å². The van der Waals surface area contributed by atoms with E-state index in [1.165, 1.54) is 0 Å². The first kappa shape index (κ1) is 13.1. The van der Waals surface area contributed by atoms with Gasteiger partial charge in [0.1, 0.15) is 5.65 Å². The molecule has 5 heteroatoms. The van der Waals surface area contributed by atoms with Gasteiger partial charge in [-0.2, -0.15) is 0 Å². The van der Waals surface area contributed by atoms with Crippen LogP contribution in [0.1, 0.15) is 17.0 Å². The topological polar surface area (TPSA) is 46.8 Å². The van der Waals surface area contributed by atoms with Crippen molar-refractivity contribution in [3.63, 3.8) is 0 Å². The van der Waals surface area contributed by atoms with E-state index < -0.39 is 0 Å². The molecule has 1 fully saturated rings. The highest BCUT2D eigenvalue weighted by atomic mass is 16.5. The van der Waals surface area contributed by atoms with Crippen LogP contribution >= 0.6 is 0 Å². The molecule has 2 aromatic rings. The number of hydrogen-bond acceptors (Lipinski definition) is 3. The second-order valence-electron chi connectivity index (χ2n) is 5.20. The predicted octanol–water partition coefficient (Wildman–Crippen LogP) is 1.35. The summed E-state index contributed by atoms with van der Waals surface area (Å²) < 4.78 is 7.31. The lowest BCUT2D eigenvalue weighted by molar-refractivity contribution is -0.134. The third-order valence-electron chi connectivity index (χ3n) is 3.83. The fraction of sp³-hybridized carbons (Fsp3) is 0.467. The number of carbonyl (C=O) groups excluding carboxylic acids is 1. The second kappa shape index (κ2) is 5.25. The molecule has 0 bridgehead atoms. The Morgan fingerprint density at radius 3 is 2.85 bits per heavy atom. The van der Waals surface area contributed by atoms with Crippen molar-refractivity contribution < 1.29 is 9.53 Å². The second-order valence-corrected chi connectivity index (χ2v) is 5.20. The van der Waals surface area contributed by atoms with Gasteiger partial charge in [0.15, 0.2) is 0 Å². The number of ether oxygens (including phenoxy) is 1. The Labute approximate surface area is 118 Å². The maximum Gasteiger partial charge on any atom is 0.228 e. The van der Waals surface area contributed by atoms with E-state index >= 15 is 0 Å². The molecule has 0 radical (unpaired) electrons. The number of morpholine rings is 1. The molecule has 0 unspecified atom stereocenters. The van der Waals surface area contributed by atoms with Gasteiger partial charge in [0.2, 0.25) is 5.91 Å². The number of imidazole rings is 1. The van der Waals surface area contributed by atoms with Gasteiger partial charge < -0.3 is 14.0 Å². The average molecular weight is 273 g/mol. The molecule has 3 rings (SSSR count). The van der Waals surface area contributed by atoms with Crippen LogP contribution in [0.25, 0.3) is 5.65 Å². The number of amides is 1. The summed E-state index contributed by atoms with van der Waals surface area (Å²) in [5, 5.41) is 0. The Balaban J connectivity index is 1.88. The molecular formula is C15H19N3O2. The standard InChI is InChI=1S/C15H19N3O2/c1-11-4-3-5-18-13(12(2)16-15(11)18)10-14(19)17-6-8-20-9-7-17/h3-5H,6-10H2,1-2H3. The van der Waals surface area contributed by atoms with Crippen molar-refractivity contribution in [2.75, 3.05) is 26.3 Å². The highest BCUT2D eigenvalue weighted by Crippen LogP contribution is 2.16. The van der Waals surface area contributed by atoms with Gasteiger partial charge in [-0.25, -0.2) is 4.98 Å². The molecular weight excluding hydrogens is 254 g/mol. The van der Waals surface area contributed by atoms with Crippen LogP contribution in [0, 0.1) is 13.8 Å². The summed E-state index contributed by atoms with van der Waals surface area (Å²) in [7, 11) is 0. The van der Waals surface area contributed by atoms with Crippen LogP contribution in [-0.2, 0) is 16.0 Å². The lowest BCUT2D eigenvalue weighted by Crippen LogP contribution is -2.41. The fourth-order valence-corrected chi connectivity index (χ4v) is 2.65. The van der Waals surface area contributed by atoms with Crippen molar-refractivity contribution in [3.05, 3.63) is 35.3 Å². The van der Waals surface area contributed by atoms with Crippen molar-refractivity contribution in [1.29, 1.82) is 0 Å². The normalized spacial score (nSPS) is 15.8. The maximum absolute atomic E-state index is 12.4. The molecule has 1 aliphatic heterocycles. The monoisotopic (exact) mass is 273 g/mol. The van der Waals surface area contributed by atoms with E-state index in [4.69, 9.17) is 4.74 Å². The molecule has 1 amide bonds. The first-order valence-corrected chi connectivity index (χ1v) is 6.95. The Morgan fingerprint density at radius 1 is 1.35 bits per heavy atom. The van der Waals surface area contributed by atoms with Crippen LogP contribution in [0.3, 0.4) is 0 Å². The average Bonchev–Trinajstić information content (AvgIpc) is 2.78. The number of fused-ring (bicyclic) bond motifs is 1. The molecule has 1 saturated heterocycles. The molecule has 3 heterocycles. The summed E-state index contributed by atoms with van der Waals surface area (Å²) >= 11 is 0. The highest BCUT2D eigenvalue weighted by Gasteiger charge is 2.20. The Bertz CT molecular complexity index is 642. The summed E-state index contributed by atoms with van der Waals surface area (Å²) in [6.07, 6.45) is 2.38. The molecule has 0 aliphatic carbocycles. The first-order chi connectivity index (χ1) is 9.66. The SMILES string of the molecule is Cc1nc2c(C)cccn2c1CC(=O)N1CCOCC1. The molecule has 0 atom stereocenters. The number of aromatic nitrogens is 2. The minimum atomic E-state index is 0.153. The minimum Gasteiger partial charge on any atom is -0.378 e. The highest BCUT2D eigenvalue weighted by molar-refractivity contribution is 5.79. The van der Waals surface area contributed by atoms with Gasteiger partial charge in [-0.15, -0.1) is 0 Å². The van der Waals surface area contributed by atoms with Crippen LogP contribution < -0.4 is 0 Å². The van der Waals surface area contributed by atoms with Crippen LogP contribution in [0.4, 0.5) is 0 Å². The summed E-state index contributed by atoms with van der Waals surface area (Å²) in [6, 6.07) is 4.03. The van der Waals surface area contributed by atoms with Gasteiger partial charge in [0.05, 0.1) is 31.0 Å². The summed E-state index contributed by atoms with van der Waals surface area (Å²) in [5.41, 5.74) is 3.98. The molecule has 106 valence electrons. The molecule has 20 heavy (non-hydrogen) atoms. The zero-order valence-electron chi connectivity index (χ0n) is 11.9. The van der Waals surface area contributed by atoms with Gasteiger partial charge in [-0.05, 0) is 25.5 Å². The maximum atomic E-state index is 12.4. The Hall–Kier alpha value is -1.88. The van der Waals surface area contributed by atoms with E-state index in [2.05, 4.69) is 4.98 Å². The third kappa shape index (κ3) is 2.29. The van der Waals surface area contributed by atoms with Gasteiger partial charge in [0, 0.05) is 19.3 Å². The largest absolute Gasteiger partial charge is 0.378 e. The molecule has 0 N–H and O–H groups in total. The van der Waals surface area contributed by atoms with Crippen LogP contribution in [0.5, 0.6) is 0 Å². The van der Waals surface area contributed by atoms with Crippen molar-refractivity contribution in [2.45, 2.75) is 20.3 Å². The van der Waals surface area contributed by atoms with Gasteiger partial charge in [-0.1, -0.05) is 6.07 Å². The molecule has 1 aliphatic rings. The summed E-state index contributed by atoms with van der Waals surface area (Å²) in [4.78, 5) is 18.8. The van der Waals surface area contributed by atoms with Gasteiger partial charge in [-0.3, -0.25) is 4.79 Å². The van der Waals surface area contributed by atoms with Crippen molar-refractivity contribution in [2.24, 2.45) is 0 Å². The van der Waals surface area contributed by atoms with E-state index in [0.29, 0.717) is 32.7 Å². The summed E-state index contributed by atoms with van der Waals surface area (Å²) in [6.45, 7) is 6.65. The molecule has 0 aromatic carbocycles. The quantitative estimate of drug-likeness (QED) is 0.830. The van der Waals surface area contributed by atoms with Crippen LogP contribution in [-0.4, -0.2) is 46.5 Å².